The van der Waals surface area contributed by atoms with Crippen LogP contribution in [0.2, 0.25) is 0 Å². The van der Waals surface area contributed by atoms with Crippen molar-refractivity contribution in [1.82, 2.24) is 9.80 Å². The Morgan fingerprint density at radius 3 is 2.31 bits per heavy atom. The van der Waals surface area contributed by atoms with Crippen LogP contribution in [0.1, 0.15) is 44.6 Å². The molecule has 2 rings (SSSR count). The van der Waals surface area contributed by atoms with E-state index in [1.165, 1.54) is 0 Å². The third-order valence-corrected chi connectivity index (χ3v) is 5.11. The maximum atomic E-state index is 12.5. The number of aliphatic carboxylic acids is 1. The zero-order chi connectivity index (χ0) is 19.1. The first-order valence-electron chi connectivity index (χ1n) is 9.31. The number of carboxylic acids is 1. The van der Waals surface area contributed by atoms with Crippen molar-refractivity contribution in [2.45, 2.75) is 39.0 Å². The molecule has 0 bridgehead atoms. The van der Waals surface area contributed by atoms with Gasteiger partial charge in [-0.05, 0) is 25.8 Å². The summed E-state index contributed by atoms with van der Waals surface area (Å²) in [5.74, 6) is -1.64. The van der Waals surface area contributed by atoms with Crippen molar-refractivity contribution in [3.63, 3.8) is 0 Å². The van der Waals surface area contributed by atoms with Gasteiger partial charge in [-0.15, -0.1) is 0 Å². The smallest absolute Gasteiger partial charge is 0.308 e. The molecular weight excluding hydrogens is 332 g/mol. The standard InChI is InChI=1S/C20H28N2O4/c1-3-21(4-2)18(23)11-8-12-19(24)22-13-16(17(14-22)20(25)26)15-9-6-5-7-10-15/h5-7,9-10,16-17H,3-4,8,11-14H2,1-2H3,(H,25,26)/t16-,17-/m0/s1. The lowest BCUT2D eigenvalue weighted by atomic mass is 9.89. The molecule has 1 aromatic carbocycles. The van der Waals surface area contributed by atoms with Crippen LogP contribution in [0.3, 0.4) is 0 Å². The Morgan fingerprint density at radius 2 is 1.73 bits per heavy atom. The molecule has 0 saturated carbocycles. The monoisotopic (exact) mass is 360 g/mol. The van der Waals surface area contributed by atoms with E-state index in [9.17, 15) is 19.5 Å². The lowest BCUT2D eigenvalue weighted by Gasteiger charge is -2.19. The summed E-state index contributed by atoms with van der Waals surface area (Å²) in [6.07, 6.45) is 1.13. The summed E-state index contributed by atoms with van der Waals surface area (Å²) in [6.45, 7) is 5.88. The van der Waals surface area contributed by atoms with Crippen LogP contribution in [0, 0.1) is 5.92 Å². The Labute approximate surface area is 154 Å². The van der Waals surface area contributed by atoms with Crippen molar-refractivity contribution in [1.29, 1.82) is 0 Å². The number of carboxylic acid groups (broad SMARTS) is 1. The van der Waals surface area contributed by atoms with Crippen molar-refractivity contribution in [2.24, 2.45) is 5.92 Å². The van der Waals surface area contributed by atoms with Gasteiger partial charge in [0.2, 0.25) is 11.8 Å². The molecule has 1 fully saturated rings. The van der Waals surface area contributed by atoms with Gasteiger partial charge in [0.1, 0.15) is 0 Å². The van der Waals surface area contributed by atoms with Crippen LogP contribution >= 0.6 is 0 Å². The predicted molar refractivity (Wildman–Crippen MR) is 98.7 cm³/mol. The molecule has 1 heterocycles. The number of amides is 2. The average Bonchev–Trinajstić information content (AvgIpc) is 3.09. The molecule has 2 amide bonds. The minimum Gasteiger partial charge on any atom is -0.481 e. The Balaban J connectivity index is 1.91. The van der Waals surface area contributed by atoms with Crippen molar-refractivity contribution >= 4 is 17.8 Å². The second kappa shape index (κ2) is 9.36. The first kappa shape index (κ1) is 19.9. The van der Waals surface area contributed by atoms with Crippen LogP contribution in [0.15, 0.2) is 30.3 Å². The Hall–Kier alpha value is -2.37. The molecule has 0 radical (unpaired) electrons. The maximum absolute atomic E-state index is 12.5. The molecule has 26 heavy (non-hydrogen) atoms. The Morgan fingerprint density at radius 1 is 1.08 bits per heavy atom. The number of likely N-dealkylation sites (tertiary alicyclic amines) is 1. The third kappa shape index (κ3) is 4.84. The second-order valence-corrected chi connectivity index (χ2v) is 6.68. The van der Waals surface area contributed by atoms with Gasteiger partial charge < -0.3 is 14.9 Å². The SMILES string of the molecule is CCN(CC)C(=O)CCCC(=O)N1C[C@H](C(=O)O)[C@H](c2ccccc2)C1. The van der Waals surface area contributed by atoms with Gasteiger partial charge in [-0.2, -0.15) is 0 Å². The first-order valence-corrected chi connectivity index (χ1v) is 9.31. The van der Waals surface area contributed by atoms with Crippen molar-refractivity contribution in [3.05, 3.63) is 35.9 Å². The summed E-state index contributed by atoms with van der Waals surface area (Å²) in [5, 5.41) is 9.52. The van der Waals surface area contributed by atoms with Gasteiger partial charge >= 0.3 is 5.97 Å². The van der Waals surface area contributed by atoms with Crippen LogP contribution in [-0.2, 0) is 14.4 Å². The van der Waals surface area contributed by atoms with Gasteiger partial charge in [0, 0.05) is 44.9 Å². The molecule has 0 unspecified atom stereocenters. The number of hydrogen-bond acceptors (Lipinski definition) is 3. The largest absolute Gasteiger partial charge is 0.481 e. The normalized spacial score (nSPS) is 19.4. The summed E-state index contributed by atoms with van der Waals surface area (Å²) in [7, 11) is 0. The molecule has 6 heteroatoms. The molecule has 6 nitrogen and oxygen atoms in total. The summed E-state index contributed by atoms with van der Waals surface area (Å²) < 4.78 is 0. The van der Waals surface area contributed by atoms with Crippen LogP contribution < -0.4 is 0 Å². The molecule has 1 N–H and O–H groups in total. The van der Waals surface area contributed by atoms with E-state index in [2.05, 4.69) is 0 Å². The fourth-order valence-corrected chi connectivity index (χ4v) is 3.58. The van der Waals surface area contributed by atoms with E-state index in [1.54, 1.807) is 9.80 Å². The first-order chi connectivity index (χ1) is 12.5. The summed E-state index contributed by atoms with van der Waals surface area (Å²) >= 11 is 0. The van der Waals surface area contributed by atoms with Crippen LogP contribution in [-0.4, -0.2) is 58.9 Å². The van der Waals surface area contributed by atoms with Gasteiger partial charge in [0.25, 0.3) is 0 Å². The molecule has 1 saturated heterocycles. The highest BCUT2D eigenvalue weighted by Crippen LogP contribution is 2.33. The molecule has 1 aliphatic heterocycles. The zero-order valence-corrected chi connectivity index (χ0v) is 15.6. The van der Waals surface area contributed by atoms with Crippen LogP contribution in [0.5, 0.6) is 0 Å². The highest BCUT2D eigenvalue weighted by atomic mass is 16.4. The number of rotatable bonds is 8. The van der Waals surface area contributed by atoms with E-state index in [-0.39, 0.29) is 30.7 Å². The number of hydrogen-bond donors (Lipinski definition) is 1. The van der Waals surface area contributed by atoms with Crippen molar-refractivity contribution in [2.75, 3.05) is 26.2 Å². The molecule has 1 aromatic rings. The maximum Gasteiger partial charge on any atom is 0.308 e. The van der Waals surface area contributed by atoms with Crippen LogP contribution in [0.25, 0.3) is 0 Å². The highest BCUT2D eigenvalue weighted by Gasteiger charge is 2.40. The fourth-order valence-electron chi connectivity index (χ4n) is 3.58. The van der Waals surface area contributed by atoms with Crippen LogP contribution in [0.4, 0.5) is 0 Å². The summed E-state index contributed by atoms with van der Waals surface area (Å²) in [6, 6.07) is 9.49. The zero-order valence-electron chi connectivity index (χ0n) is 15.6. The quantitative estimate of drug-likeness (QED) is 0.772. The molecule has 142 valence electrons. The number of carbonyl (C=O) groups is 3. The molecule has 0 spiro atoms. The minimum absolute atomic E-state index is 0.0646. The van der Waals surface area contributed by atoms with E-state index in [1.807, 2.05) is 44.2 Å². The van der Waals surface area contributed by atoms with Gasteiger partial charge in [-0.1, -0.05) is 30.3 Å². The van der Waals surface area contributed by atoms with Gasteiger partial charge in [0.05, 0.1) is 5.92 Å². The van der Waals surface area contributed by atoms with Crippen molar-refractivity contribution < 1.29 is 19.5 Å². The van der Waals surface area contributed by atoms with Gasteiger partial charge in [-0.25, -0.2) is 0 Å². The van der Waals surface area contributed by atoms with E-state index < -0.39 is 11.9 Å². The Kier molecular flexibility index (Phi) is 7.18. The minimum atomic E-state index is -0.870. The van der Waals surface area contributed by atoms with Crippen molar-refractivity contribution in [3.8, 4) is 0 Å². The lowest BCUT2D eigenvalue weighted by Crippen LogP contribution is -2.32. The van der Waals surface area contributed by atoms with Gasteiger partial charge in [0.15, 0.2) is 0 Å². The molecular formula is C20H28N2O4. The Bertz CT molecular complexity index is 628. The number of benzene rings is 1. The summed E-state index contributed by atoms with van der Waals surface area (Å²) in [4.78, 5) is 39.5. The number of nitrogens with zero attached hydrogens (tertiary/aromatic N) is 2. The van der Waals surface area contributed by atoms with E-state index >= 15 is 0 Å². The molecule has 0 aliphatic carbocycles. The van der Waals surface area contributed by atoms with Gasteiger partial charge in [-0.3, -0.25) is 14.4 Å². The molecule has 2 atom stereocenters. The highest BCUT2D eigenvalue weighted by molar-refractivity contribution is 5.81. The lowest BCUT2D eigenvalue weighted by molar-refractivity contribution is -0.141. The van der Waals surface area contributed by atoms with E-state index in [0.29, 0.717) is 32.5 Å². The topological polar surface area (TPSA) is 77.9 Å². The third-order valence-electron chi connectivity index (χ3n) is 5.11. The molecule has 0 aromatic heterocycles. The predicted octanol–water partition coefficient (Wildman–Crippen LogP) is 2.35. The number of carbonyl (C=O) groups excluding carboxylic acids is 2. The molecule has 1 aliphatic rings. The average molecular weight is 360 g/mol. The fraction of sp³-hybridized carbons (Fsp3) is 0.550. The van der Waals surface area contributed by atoms with E-state index in [4.69, 9.17) is 0 Å². The second-order valence-electron chi connectivity index (χ2n) is 6.68. The summed E-state index contributed by atoms with van der Waals surface area (Å²) in [5.41, 5.74) is 0.951. The van der Waals surface area contributed by atoms with E-state index in [0.717, 1.165) is 5.56 Å².